The summed E-state index contributed by atoms with van der Waals surface area (Å²) in [5, 5.41) is 6.17. The maximum Gasteiger partial charge on any atom is 0.338 e. The van der Waals surface area contributed by atoms with Crippen LogP contribution >= 0.6 is 11.6 Å². The highest BCUT2D eigenvalue weighted by atomic mass is 35.5. The Hall–Kier alpha value is -3.23. The van der Waals surface area contributed by atoms with Crippen molar-refractivity contribution in [3.8, 4) is 5.75 Å². The number of hydrogen-bond donors (Lipinski definition) is 2. The number of benzene rings is 2. The van der Waals surface area contributed by atoms with E-state index in [1.165, 1.54) is 0 Å². The molecule has 2 N–H and O–H groups in total. The normalized spacial score (nSPS) is 18.7. The number of esters is 1. The van der Waals surface area contributed by atoms with Crippen LogP contribution in [-0.4, -0.2) is 62.8 Å². The van der Waals surface area contributed by atoms with Gasteiger partial charge in [-0.2, -0.15) is 0 Å². The van der Waals surface area contributed by atoms with Gasteiger partial charge in [-0.05, 0) is 37.6 Å². The topological polar surface area (TPSA) is 83.1 Å². The number of anilines is 1. The molecule has 0 bridgehead atoms. The fourth-order valence-electron chi connectivity index (χ4n) is 4.50. The van der Waals surface area contributed by atoms with Gasteiger partial charge in [0.15, 0.2) is 0 Å². The van der Waals surface area contributed by atoms with Crippen LogP contribution in [0.1, 0.15) is 25.5 Å². The van der Waals surface area contributed by atoms with Crippen LogP contribution in [-0.2, 0) is 9.53 Å². The van der Waals surface area contributed by atoms with Gasteiger partial charge in [0, 0.05) is 43.4 Å². The SMILES string of the molecule is CCOC(=O)C1=C(CN2CCN(c3ccccc3OCC)CC2)NC(=O)N[C@H]1c1ccccc1Cl. The summed E-state index contributed by atoms with van der Waals surface area (Å²) in [6, 6.07) is 14.2. The molecule has 0 saturated carbocycles. The summed E-state index contributed by atoms with van der Waals surface area (Å²) in [5.41, 5.74) is 2.65. The molecule has 0 spiro atoms. The summed E-state index contributed by atoms with van der Waals surface area (Å²) in [5.74, 6) is 0.410. The number of amides is 2. The number of ether oxygens (including phenoxy) is 2. The molecule has 2 amide bonds. The van der Waals surface area contributed by atoms with Crippen molar-refractivity contribution in [3.63, 3.8) is 0 Å². The molecular weight excluding hydrogens is 468 g/mol. The number of hydrogen-bond acceptors (Lipinski definition) is 6. The maximum atomic E-state index is 13.0. The summed E-state index contributed by atoms with van der Waals surface area (Å²) in [6.07, 6.45) is 0. The van der Waals surface area contributed by atoms with E-state index in [2.05, 4.69) is 26.5 Å². The predicted octanol–water partition coefficient (Wildman–Crippen LogP) is 3.73. The molecule has 2 aliphatic rings. The number of carbonyl (C=O) groups excluding carboxylic acids is 2. The Morgan fingerprint density at radius 1 is 1.03 bits per heavy atom. The Kier molecular flexibility index (Phi) is 8.15. The van der Waals surface area contributed by atoms with Crippen molar-refractivity contribution in [3.05, 3.63) is 70.4 Å². The smallest absolute Gasteiger partial charge is 0.338 e. The zero-order valence-corrected chi connectivity index (χ0v) is 20.8. The van der Waals surface area contributed by atoms with Crippen LogP contribution in [0, 0.1) is 0 Å². The van der Waals surface area contributed by atoms with Crippen LogP contribution in [0.5, 0.6) is 5.75 Å². The summed E-state index contributed by atoms with van der Waals surface area (Å²) < 4.78 is 11.2. The van der Waals surface area contributed by atoms with E-state index in [1.807, 2.05) is 43.3 Å². The van der Waals surface area contributed by atoms with Crippen LogP contribution < -0.4 is 20.3 Å². The number of nitrogens with one attached hydrogen (secondary N) is 2. The second-order valence-corrected chi connectivity index (χ2v) is 8.74. The molecule has 2 heterocycles. The van der Waals surface area contributed by atoms with Gasteiger partial charge in [0.1, 0.15) is 5.75 Å². The largest absolute Gasteiger partial charge is 0.492 e. The molecule has 0 aliphatic carbocycles. The minimum Gasteiger partial charge on any atom is -0.492 e. The Balaban J connectivity index is 1.55. The lowest BCUT2D eigenvalue weighted by molar-refractivity contribution is -0.139. The fourth-order valence-corrected chi connectivity index (χ4v) is 4.75. The highest BCUT2D eigenvalue weighted by Gasteiger charge is 2.35. The Morgan fingerprint density at radius 2 is 1.74 bits per heavy atom. The predicted molar refractivity (Wildman–Crippen MR) is 136 cm³/mol. The van der Waals surface area contributed by atoms with E-state index in [0.29, 0.717) is 35.0 Å². The summed E-state index contributed by atoms with van der Waals surface area (Å²) in [7, 11) is 0. The van der Waals surface area contributed by atoms with Gasteiger partial charge in [0.2, 0.25) is 0 Å². The van der Waals surface area contributed by atoms with Crippen molar-refractivity contribution in [2.75, 3.05) is 50.8 Å². The van der Waals surface area contributed by atoms with Crippen LogP contribution in [0.25, 0.3) is 0 Å². The van der Waals surface area contributed by atoms with Gasteiger partial charge in [-0.1, -0.05) is 41.9 Å². The standard InChI is InChI=1S/C26H31ClN4O4/c1-3-34-22-12-8-7-11-21(22)31-15-13-30(14-16-31)17-20-23(25(32)35-4-2)24(29-26(33)28-20)18-9-5-6-10-19(18)27/h5-12,24H,3-4,13-17H2,1-2H3,(H2,28,29,33)/t24-/m0/s1. The highest BCUT2D eigenvalue weighted by Crippen LogP contribution is 2.33. The average Bonchev–Trinajstić information content (AvgIpc) is 2.85. The number of carbonyl (C=O) groups is 2. The van der Waals surface area contributed by atoms with E-state index in [-0.39, 0.29) is 12.6 Å². The zero-order valence-electron chi connectivity index (χ0n) is 20.1. The Labute approximate surface area is 210 Å². The van der Waals surface area contributed by atoms with E-state index >= 15 is 0 Å². The van der Waals surface area contributed by atoms with E-state index in [9.17, 15) is 9.59 Å². The molecule has 186 valence electrons. The van der Waals surface area contributed by atoms with Crippen LogP contribution in [0.2, 0.25) is 5.02 Å². The molecule has 0 radical (unpaired) electrons. The molecule has 0 aromatic heterocycles. The molecule has 35 heavy (non-hydrogen) atoms. The van der Waals surface area contributed by atoms with Gasteiger partial charge in [-0.3, -0.25) is 4.90 Å². The molecule has 1 atom stereocenters. The van der Waals surface area contributed by atoms with Crippen LogP contribution in [0.3, 0.4) is 0 Å². The first kappa shape index (κ1) is 24.9. The highest BCUT2D eigenvalue weighted by molar-refractivity contribution is 6.31. The van der Waals surface area contributed by atoms with Gasteiger partial charge < -0.3 is 25.0 Å². The first-order valence-electron chi connectivity index (χ1n) is 11.9. The Bertz CT molecular complexity index is 1100. The van der Waals surface area contributed by atoms with Crippen molar-refractivity contribution in [1.29, 1.82) is 0 Å². The second-order valence-electron chi connectivity index (χ2n) is 8.33. The van der Waals surface area contributed by atoms with E-state index in [0.717, 1.165) is 37.6 Å². The lowest BCUT2D eigenvalue weighted by atomic mass is 9.94. The minimum absolute atomic E-state index is 0.233. The summed E-state index contributed by atoms with van der Waals surface area (Å²) >= 11 is 6.43. The third kappa shape index (κ3) is 5.71. The zero-order chi connectivity index (χ0) is 24.8. The summed E-state index contributed by atoms with van der Waals surface area (Å²) in [4.78, 5) is 30.1. The first-order chi connectivity index (χ1) is 17.0. The van der Waals surface area contributed by atoms with Gasteiger partial charge in [0.25, 0.3) is 0 Å². The number of urea groups is 1. The van der Waals surface area contributed by atoms with Gasteiger partial charge in [-0.15, -0.1) is 0 Å². The maximum absolute atomic E-state index is 13.0. The van der Waals surface area contributed by atoms with Crippen LogP contribution in [0.4, 0.5) is 10.5 Å². The van der Waals surface area contributed by atoms with Crippen molar-refractivity contribution in [1.82, 2.24) is 15.5 Å². The lowest BCUT2D eigenvalue weighted by Gasteiger charge is -2.38. The summed E-state index contributed by atoms with van der Waals surface area (Å²) in [6.45, 7) is 8.13. The molecule has 4 rings (SSSR count). The van der Waals surface area contributed by atoms with Crippen molar-refractivity contribution in [2.45, 2.75) is 19.9 Å². The quantitative estimate of drug-likeness (QED) is 0.540. The minimum atomic E-state index is -0.689. The molecule has 1 fully saturated rings. The van der Waals surface area contributed by atoms with Crippen LogP contribution in [0.15, 0.2) is 59.8 Å². The van der Waals surface area contributed by atoms with E-state index in [1.54, 1.807) is 13.0 Å². The monoisotopic (exact) mass is 498 g/mol. The van der Waals surface area contributed by atoms with Gasteiger partial charge in [-0.25, -0.2) is 9.59 Å². The molecule has 8 nitrogen and oxygen atoms in total. The number of piperazine rings is 1. The van der Waals surface area contributed by atoms with E-state index in [4.69, 9.17) is 21.1 Å². The first-order valence-corrected chi connectivity index (χ1v) is 12.3. The van der Waals surface area contributed by atoms with Gasteiger partial charge in [0.05, 0.1) is 30.5 Å². The second kappa shape index (κ2) is 11.5. The van der Waals surface area contributed by atoms with Crippen molar-refractivity contribution >= 4 is 29.3 Å². The molecule has 2 aromatic carbocycles. The molecule has 0 unspecified atom stereocenters. The fraction of sp³-hybridized carbons (Fsp3) is 0.385. The molecule has 2 aromatic rings. The molecule has 9 heteroatoms. The van der Waals surface area contributed by atoms with Crippen molar-refractivity contribution in [2.24, 2.45) is 0 Å². The average molecular weight is 499 g/mol. The third-order valence-corrected chi connectivity index (χ3v) is 6.47. The number of para-hydroxylation sites is 2. The Morgan fingerprint density at radius 3 is 2.46 bits per heavy atom. The number of halogens is 1. The molecular formula is C26H31ClN4O4. The number of rotatable bonds is 8. The van der Waals surface area contributed by atoms with E-state index < -0.39 is 12.0 Å². The lowest BCUT2D eigenvalue weighted by Crippen LogP contribution is -2.52. The number of nitrogens with zero attached hydrogens (tertiary/aromatic N) is 2. The van der Waals surface area contributed by atoms with Crippen molar-refractivity contribution < 1.29 is 19.1 Å². The molecule has 1 saturated heterocycles. The molecule has 2 aliphatic heterocycles. The van der Waals surface area contributed by atoms with Gasteiger partial charge >= 0.3 is 12.0 Å². The third-order valence-electron chi connectivity index (χ3n) is 6.13.